The van der Waals surface area contributed by atoms with Gasteiger partial charge in [0.05, 0.1) is 0 Å². The first-order chi connectivity index (χ1) is 10.1. The molecule has 1 atom stereocenters. The summed E-state index contributed by atoms with van der Waals surface area (Å²) in [5, 5.41) is 4.02. The molecule has 0 amide bonds. The van der Waals surface area contributed by atoms with Crippen molar-refractivity contribution in [3.05, 3.63) is 68.9 Å². The molecule has 0 spiro atoms. The van der Waals surface area contributed by atoms with Crippen LogP contribution in [0.4, 0.5) is 4.39 Å². The third-order valence-corrected chi connectivity index (χ3v) is 4.31. The van der Waals surface area contributed by atoms with Crippen molar-refractivity contribution in [1.82, 2.24) is 5.32 Å². The molecule has 0 bridgehead atoms. The topological polar surface area (TPSA) is 12.0 Å². The van der Waals surface area contributed by atoms with E-state index in [1.54, 1.807) is 6.07 Å². The van der Waals surface area contributed by atoms with Gasteiger partial charge in [0.2, 0.25) is 0 Å². The highest BCUT2D eigenvalue weighted by Crippen LogP contribution is 2.28. The lowest BCUT2D eigenvalue weighted by atomic mass is 9.91. The average molecular weight is 371 g/mol. The first kappa shape index (κ1) is 16.5. The van der Waals surface area contributed by atoms with Gasteiger partial charge >= 0.3 is 0 Å². The summed E-state index contributed by atoms with van der Waals surface area (Å²) in [4.78, 5) is 0. The van der Waals surface area contributed by atoms with Gasteiger partial charge in [-0.2, -0.15) is 0 Å². The molecule has 2 rings (SSSR count). The molecule has 1 N–H and O–H groups in total. The maximum atomic E-state index is 14.1. The van der Waals surface area contributed by atoms with Gasteiger partial charge in [-0.15, -0.1) is 0 Å². The predicted molar refractivity (Wildman–Crippen MR) is 90.5 cm³/mol. The smallest absolute Gasteiger partial charge is 0.126 e. The van der Waals surface area contributed by atoms with E-state index in [1.807, 2.05) is 37.3 Å². The second-order valence-corrected chi connectivity index (χ2v) is 6.29. The highest BCUT2D eigenvalue weighted by Gasteiger charge is 2.17. The number of hydrogen-bond donors (Lipinski definition) is 1. The Balaban J connectivity index is 2.26. The summed E-state index contributed by atoms with van der Waals surface area (Å²) in [5.74, 6) is -0.0986. The Hall–Kier alpha value is -0.900. The molecule has 1 unspecified atom stereocenters. The number of rotatable bonds is 6. The van der Waals surface area contributed by atoms with Crippen LogP contribution in [0.3, 0.4) is 0 Å². The van der Waals surface area contributed by atoms with Gasteiger partial charge in [0.1, 0.15) is 5.82 Å². The highest BCUT2D eigenvalue weighted by molar-refractivity contribution is 9.10. The van der Waals surface area contributed by atoms with E-state index in [0.717, 1.165) is 28.7 Å². The summed E-state index contributed by atoms with van der Waals surface area (Å²) in [6, 6.07) is 12.8. The first-order valence-electron chi connectivity index (χ1n) is 7.01. The zero-order valence-electron chi connectivity index (χ0n) is 11.9. The molecule has 0 heterocycles. The van der Waals surface area contributed by atoms with Crippen molar-refractivity contribution >= 4 is 27.5 Å². The Labute approximate surface area is 138 Å². The van der Waals surface area contributed by atoms with Gasteiger partial charge in [0, 0.05) is 22.0 Å². The summed E-state index contributed by atoms with van der Waals surface area (Å²) in [6.45, 7) is 3.63. The molecular weight excluding hydrogens is 353 g/mol. The molecule has 0 aromatic heterocycles. The van der Waals surface area contributed by atoms with Crippen molar-refractivity contribution < 1.29 is 4.39 Å². The van der Waals surface area contributed by atoms with Gasteiger partial charge in [0.25, 0.3) is 0 Å². The lowest BCUT2D eigenvalue weighted by Crippen LogP contribution is -2.23. The van der Waals surface area contributed by atoms with Crippen molar-refractivity contribution in [3.63, 3.8) is 0 Å². The minimum absolute atomic E-state index is 0.0600. The van der Waals surface area contributed by atoms with Crippen LogP contribution in [0.2, 0.25) is 5.02 Å². The molecule has 2 aromatic rings. The number of nitrogens with one attached hydrogen (secondary N) is 1. The molecule has 1 nitrogen and oxygen atoms in total. The molecule has 4 heteroatoms. The second kappa shape index (κ2) is 7.92. The fraction of sp³-hybridized carbons (Fsp3) is 0.294. The molecule has 21 heavy (non-hydrogen) atoms. The Morgan fingerprint density at radius 2 is 2.00 bits per heavy atom. The summed E-state index contributed by atoms with van der Waals surface area (Å²) in [5.41, 5.74) is 1.77. The van der Waals surface area contributed by atoms with E-state index in [4.69, 9.17) is 11.6 Å². The number of hydrogen-bond acceptors (Lipinski definition) is 1. The molecule has 112 valence electrons. The Kier molecular flexibility index (Phi) is 6.22. The molecule has 2 aromatic carbocycles. The summed E-state index contributed by atoms with van der Waals surface area (Å²) in [6.07, 6.45) is 0.708. The minimum Gasteiger partial charge on any atom is -0.316 e. The molecule has 0 saturated carbocycles. The fourth-order valence-corrected chi connectivity index (χ4v) is 3.12. The zero-order valence-corrected chi connectivity index (χ0v) is 14.2. The lowest BCUT2D eigenvalue weighted by Gasteiger charge is -2.19. The van der Waals surface area contributed by atoms with Crippen LogP contribution in [0, 0.1) is 5.82 Å². The number of halogens is 3. The summed E-state index contributed by atoms with van der Waals surface area (Å²) in [7, 11) is 0. The van der Waals surface area contributed by atoms with Crippen molar-refractivity contribution in [3.8, 4) is 0 Å². The zero-order chi connectivity index (χ0) is 15.2. The summed E-state index contributed by atoms with van der Waals surface area (Å²) >= 11 is 9.69. The molecular formula is C17H18BrClFN. The van der Waals surface area contributed by atoms with Crippen LogP contribution in [0.1, 0.15) is 24.0 Å². The fourth-order valence-electron chi connectivity index (χ4n) is 2.37. The summed E-state index contributed by atoms with van der Waals surface area (Å²) < 4.78 is 15.0. The molecule has 0 aliphatic heterocycles. The third kappa shape index (κ3) is 4.53. The van der Waals surface area contributed by atoms with Gasteiger partial charge in [0.15, 0.2) is 0 Å². The first-order valence-corrected chi connectivity index (χ1v) is 8.18. The maximum Gasteiger partial charge on any atom is 0.126 e. The van der Waals surface area contributed by atoms with E-state index in [0.29, 0.717) is 11.4 Å². The van der Waals surface area contributed by atoms with Gasteiger partial charge in [-0.3, -0.25) is 0 Å². The van der Waals surface area contributed by atoms with E-state index in [1.165, 1.54) is 6.07 Å². The highest BCUT2D eigenvalue weighted by atomic mass is 79.9. The average Bonchev–Trinajstić information content (AvgIpc) is 2.46. The maximum absolute atomic E-state index is 14.1. The van der Waals surface area contributed by atoms with Crippen LogP contribution in [-0.2, 0) is 6.42 Å². The largest absolute Gasteiger partial charge is 0.316 e. The van der Waals surface area contributed by atoms with E-state index >= 15 is 0 Å². The lowest BCUT2D eigenvalue weighted by molar-refractivity contribution is 0.544. The van der Waals surface area contributed by atoms with E-state index < -0.39 is 0 Å². The van der Waals surface area contributed by atoms with Crippen LogP contribution in [0.15, 0.2) is 46.9 Å². The standard InChI is InChI=1S/C17H18BrClFN/c1-2-21-11-13(15-5-3-4-6-17(15)20)9-12-7-8-14(18)10-16(12)19/h3-8,10,13,21H,2,9,11H2,1H3. The van der Waals surface area contributed by atoms with Crippen molar-refractivity contribution in [2.45, 2.75) is 19.3 Å². The van der Waals surface area contributed by atoms with E-state index in [-0.39, 0.29) is 11.7 Å². The quantitative estimate of drug-likeness (QED) is 0.739. The second-order valence-electron chi connectivity index (χ2n) is 4.97. The van der Waals surface area contributed by atoms with Crippen LogP contribution in [0.25, 0.3) is 0 Å². The van der Waals surface area contributed by atoms with Crippen molar-refractivity contribution in [1.29, 1.82) is 0 Å². The Morgan fingerprint density at radius 1 is 1.24 bits per heavy atom. The van der Waals surface area contributed by atoms with Crippen LogP contribution in [-0.4, -0.2) is 13.1 Å². The SMILES string of the molecule is CCNCC(Cc1ccc(Br)cc1Cl)c1ccccc1F. The number of likely N-dealkylation sites (N-methyl/N-ethyl adjacent to an activating group) is 1. The molecule has 0 aliphatic rings. The normalized spacial score (nSPS) is 12.4. The molecule has 0 aliphatic carbocycles. The van der Waals surface area contributed by atoms with Gasteiger partial charge in [-0.05, 0) is 42.3 Å². The van der Waals surface area contributed by atoms with Crippen LogP contribution in [0.5, 0.6) is 0 Å². The van der Waals surface area contributed by atoms with Crippen LogP contribution >= 0.6 is 27.5 Å². The molecule has 0 fully saturated rings. The van der Waals surface area contributed by atoms with E-state index in [2.05, 4.69) is 21.2 Å². The van der Waals surface area contributed by atoms with Crippen molar-refractivity contribution in [2.75, 3.05) is 13.1 Å². The Bertz CT molecular complexity index is 603. The van der Waals surface area contributed by atoms with Crippen molar-refractivity contribution in [2.24, 2.45) is 0 Å². The Morgan fingerprint density at radius 3 is 2.67 bits per heavy atom. The predicted octanol–water partition coefficient (Wildman–Crippen LogP) is 5.18. The van der Waals surface area contributed by atoms with Gasteiger partial charge < -0.3 is 5.32 Å². The third-order valence-electron chi connectivity index (χ3n) is 3.47. The molecule has 0 saturated heterocycles. The molecule has 0 radical (unpaired) electrons. The van der Waals surface area contributed by atoms with E-state index in [9.17, 15) is 4.39 Å². The van der Waals surface area contributed by atoms with Crippen LogP contribution < -0.4 is 5.32 Å². The number of benzene rings is 2. The minimum atomic E-state index is -0.159. The van der Waals surface area contributed by atoms with Gasteiger partial charge in [-0.1, -0.05) is 58.7 Å². The monoisotopic (exact) mass is 369 g/mol. The van der Waals surface area contributed by atoms with Gasteiger partial charge in [-0.25, -0.2) is 4.39 Å².